The highest BCUT2D eigenvalue weighted by Crippen LogP contribution is 2.44. The lowest BCUT2D eigenvalue weighted by Gasteiger charge is -2.05. The zero-order valence-electron chi connectivity index (χ0n) is 8.35. The summed E-state index contributed by atoms with van der Waals surface area (Å²) in [5, 5.41) is 0. The Balaban J connectivity index is 2.35. The fourth-order valence-electron chi connectivity index (χ4n) is 2.33. The molecule has 0 radical (unpaired) electrons. The quantitative estimate of drug-likeness (QED) is 0.615. The third-order valence-electron chi connectivity index (χ3n) is 2.98. The minimum Gasteiger partial charge on any atom is -0.288 e. The van der Waals surface area contributed by atoms with E-state index in [1.165, 1.54) is 22.3 Å². The second-order valence-electron chi connectivity index (χ2n) is 3.76. The van der Waals surface area contributed by atoms with Crippen LogP contribution in [0.1, 0.15) is 17.2 Å². The summed E-state index contributed by atoms with van der Waals surface area (Å²) in [7, 11) is 0. The van der Waals surface area contributed by atoms with Gasteiger partial charge >= 0.3 is 0 Å². The maximum Gasteiger partial charge on any atom is 0.100 e. The number of hydrogen-bond donors (Lipinski definition) is 0. The van der Waals surface area contributed by atoms with Crippen molar-refractivity contribution in [2.24, 2.45) is 4.99 Å². The molecule has 0 aromatic heterocycles. The van der Waals surface area contributed by atoms with Gasteiger partial charge in [-0.1, -0.05) is 48.5 Å². The number of benzene rings is 2. The molecule has 2 aromatic carbocycles. The van der Waals surface area contributed by atoms with Crippen LogP contribution in [0.5, 0.6) is 0 Å². The number of fused-ring (bicyclic) bond motifs is 3. The van der Waals surface area contributed by atoms with E-state index in [0.717, 1.165) is 0 Å². The first-order valence-electron chi connectivity index (χ1n) is 5.06. The number of hydrogen-bond acceptors (Lipinski definition) is 1. The highest BCUT2D eigenvalue weighted by atomic mass is 14.8. The average Bonchev–Trinajstić information content (AvgIpc) is 2.63. The molecule has 0 spiro atoms. The highest BCUT2D eigenvalue weighted by Gasteiger charge is 2.26. The maximum absolute atomic E-state index is 4.22. The second kappa shape index (κ2) is 3.06. The van der Waals surface area contributed by atoms with E-state index in [9.17, 15) is 0 Å². The number of nitrogens with zero attached hydrogens (tertiary/aromatic N) is 1. The average molecular weight is 193 g/mol. The molecule has 15 heavy (non-hydrogen) atoms. The van der Waals surface area contributed by atoms with Crippen LogP contribution in [0.2, 0.25) is 0 Å². The van der Waals surface area contributed by atoms with Crippen molar-refractivity contribution in [1.82, 2.24) is 0 Å². The predicted octanol–water partition coefficient (Wildman–Crippen LogP) is 3.46. The summed E-state index contributed by atoms with van der Waals surface area (Å²) in [6.07, 6.45) is 0. The Hall–Kier alpha value is -1.89. The predicted molar refractivity (Wildman–Crippen MR) is 63.3 cm³/mol. The Morgan fingerprint density at radius 3 is 1.73 bits per heavy atom. The molecule has 0 saturated carbocycles. The SMILES string of the molecule is C=NC1c2ccccc2-c2ccccc21. The van der Waals surface area contributed by atoms with E-state index in [4.69, 9.17) is 0 Å². The van der Waals surface area contributed by atoms with Crippen LogP contribution in [0.3, 0.4) is 0 Å². The molecule has 1 nitrogen and oxygen atoms in total. The van der Waals surface area contributed by atoms with Crippen molar-refractivity contribution in [3.8, 4) is 11.1 Å². The minimum atomic E-state index is 0.123. The summed E-state index contributed by atoms with van der Waals surface area (Å²) in [5.74, 6) is 0. The molecule has 0 bridgehead atoms. The Labute approximate surface area is 89.1 Å². The Bertz CT molecular complexity index is 483. The van der Waals surface area contributed by atoms with Crippen LogP contribution in [-0.4, -0.2) is 6.72 Å². The Kier molecular flexibility index (Phi) is 1.72. The van der Waals surface area contributed by atoms with Crippen LogP contribution in [-0.2, 0) is 0 Å². The molecule has 0 atom stereocenters. The summed E-state index contributed by atoms with van der Waals surface area (Å²) in [6.45, 7) is 3.69. The Morgan fingerprint density at radius 1 is 0.800 bits per heavy atom. The van der Waals surface area contributed by atoms with Gasteiger partial charge in [-0.05, 0) is 29.0 Å². The van der Waals surface area contributed by atoms with Crippen molar-refractivity contribution in [3.05, 3.63) is 59.7 Å². The van der Waals surface area contributed by atoms with Crippen molar-refractivity contribution < 1.29 is 0 Å². The van der Waals surface area contributed by atoms with Crippen molar-refractivity contribution in [2.45, 2.75) is 6.04 Å². The first-order valence-corrected chi connectivity index (χ1v) is 5.06. The normalized spacial score (nSPS) is 13.3. The van der Waals surface area contributed by atoms with Crippen LogP contribution in [0.25, 0.3) is 11.1 Å². The van der Waals surface area contributed by atoms with Crippen LogP contribution >= 0.6 is 0 Å². The molecule has 1 heteroatoms. The third kappa shape index (κ3) is 1.06. The zero-order chi connectivity index (χ0) is 10.3. The van der Waals surface area contributed by atoms with Crippen molar-refractivity contribution >= 4 is 6.72 Å². The van der Waals surface area contributed by atoms with Crippen LogP contribution < -0.4 is 0 Å². The Morgan fingerprint density at radius 2 is 1.27 bits per heavy atom. The molecule has 2 aromatic rings. The summed E-state index contributed by atoms with van der Waals surface area (Å²) < 4.78 is 0. The molecule has 0 heterocycles. The van der Waals surface area contributed by atoms with E-state index in [2.05, 4.69) is 60.2 Å². The smallest absolute Gasteiger partial charge is 0.100 e. The third-order valence-corrected chi connectivity index (χ3v) is 2.98. The fraction of sp³-hybridized carbons (Fsp3) is 0.0714. The van der Waals surface area contributed by atoms with Gasteiger partial charge in [-0.15, -0.1) is 0 Å². The first kappa shape index (κ1) is 8.42. The van der Waals surface area contributed by atoms with Crippen molar-refractivity contribution in [3.63, 3.8) is 0 Å². The molecule has 0 saturated heterocycles. The van der Waals surface area contributed by atoms with Crippen LogP contribution in [0.15, 0.2) is 53.5 Å². The molecule has 0 unspecified atom stereocenters. The molecule has 1 aliphatic rings. The molecular formula is C14H11N. The summed E-state index contributed by atoms with van der Waals surface area (Å²) in [5.41, 5.74) is 5.14. The summed E-state index contributed by atoms with van der Waals surface area (Å²) in [6, 6.07) is 17.0. The lowest BCUT2D eigenvalue weighted by molar-refractivity contribution is 0.912. The summed E-state index contributed by atoms with van der Waals surface area (Å²) in [4.78, 5) is 4.22. The minimum absolute atomic E-state index is 0.123. The monoisotopic (exact) mass is 193 g/mol. The van der Waals surface area contributed by atoms with Crippen LogP contribution in [0, 0.1) is 0 Å². The first-order chi connectivity index (χ1) is 7.42. The van der Waals surface area contributed by atoms with Gasteiger partial charge in [0.05, 0.1) is 0 Å². The van der Waals surface area contributed by atoms with Gasteiger partial charge in [-0.2, -0.15) is 0 Å². The van der Waals surface area contributed by atoms with E-state index >= 15 is 0 Å². The second-order valence-corrected chi connectivity index (χ2v) is 3.76. The van der Waals surface area contributed by atoms with Gasteiger partial charge in [0.25, 0.3) is 0 Å². The molecule has 0 fully saturated rings. The fourth-order valence-corrected chi connectivity index (χ4v) is 2.33. The van der Waals surface area contributed by atoms with Crippen molar-refractivity contribution in [2.75, 3.05) is 0 Å². The van der Waals surface area contributed by atoms with Gasteiger partial charge in [0.2, 0.25) is 0 Å². The maximum atomic E-state index is 4.22. The van der Waals surface area contributed by atoms with E-state index in [-0.39, 0.29) is 6.04 Å². The standard InChI is InChI=1S/C14H11N/c1-15-14-12-8-4-2-6-10(12)11-7-3-5-9-13(11)14/h2-9,14H,1H2. The molecule has 1 aliphatic carbocycles. The molecular weight excluding hydrogens is 182 g/mol. The van der Waals surface area contributed by atoms with Gasteiger partial charge in [-0.25, -0.2) is 0 Å². The van der Waals surface area contributed by atoms with Crippen molar-refractivity contribution in [1.29, 1.82) is 0 Å². The molecule has 72 valence electrons. The van der Waals surface area contributed by atoms with Gasteiger partial charge in [0, 0.05) is 0 Å². The topological polar surface area (TPSA) is 12.4 Å². The molecule has 3 rings (SSSR count). The van der Waals surface area contributed by atoms with E-state index in [0.29, 0.717) is 0 Å². The van der Waals surface area contributed by atoms with E-state index < -0.39 is 0 Å². The largest absolute Gasteiger partial charge is 0.288 e. The van der Waals surface area contributed by atoms with Gasteiger partial charge in [0.15, 0.2) is 0 Å². The lowest BCUT2D eigenvalue weighted by Crippen LogP contribution is -1.90. The van der Waals surface area contributed by atoms with E-state index in [1.807, 2.05) is 0 Å². The number of aliphatic imine (C=N–C) groups is 1. The van der Waals surface area contributed by atoms with Gasteiger partial charge in [-0.3, -0.25) is 4.99 Å². The van der Waals surface area contributed by atoms with Gasteiger partial charge in [0.1, 0.15) is 6.04 Å². The number of rotatable bonds is 1. The summed E-state index contributed by atoms with van der Waals surface area (Å²) >= 11 is 0. The van der Waals surface area contributed by atoms with Crippen LogP contribution in [0.4, 0.5) is 0 Å². The lowest BCUT2D eigenvalue weighted by atomic mass is 10.1. The highest BCUT2D eigenvalue weighted by molar-refractivity contribution is 5.78. The molecule has 0 amide bonds. The molecule has 0 aliphatic heterocycles. The van der Waals surface area contributed by atoms with Gasteiger partial charge < -0.3 is 0 Å². The molecule has 0 N–H and O–H groups in total. The van der Waals surface area contributed by atoms with E-state index in [1.54, 1.807) is 0 Å². The zero-order valence-corrected chi connectivity index (χ0v) is 8.35.